The molecule has 0 saturated heterocycles. The molecule has 384 valence electrons. The summed E-state index contributed by atoms with van der Waals surface area (Å²) in [5.41, 5.74) is 0. The smallest absolute Gasteiger partial charge is 0.305 e. The number of esters is 1. The number of hydrogen-bond acceptors (Lipinski definition) is 5. The van der Waals surface area contributed by atoms with E-state index in [0.29, 0.717) is 19.4 Å². The Balaban J connectivity index is 3.50. The molecule has 0 spiro atoms. The van der Waals surface area contributed by atoms with Crippen molar-refractivity contribution < 1.29 is 24.5 Å². The van der Waals surface area contributed by atoms with Crippen LogP contribution in [0.1, 0.15) is 316 Å². The predicted molar refractivity (Wildman–Crippen MR) is 283 cm³/mol. The van der Waals surface area contributed by atoms with E-state index >= 15 is 0 Å². The van der Waals surface area contributed by atoms with Crippen LogP contribution in [0.2, 0.25) is 0 Å². The van der Waals surface area contributed by atoms with Gasteiger partial charge in [-0.15, -0.1) is 0 Å². The van der Waals surface area contributed by atoms with Crippen LogP contribution < -0.4 is 5.32 Å². The Bertz CT molecular complexity index is 1010. The van der Waals surface area contributed by atoms with Gasteiger partial charge in [-0.25, -0.2) is 0 Å². The topological polar surface area (TPSA) is 95.9 Å². The van der Waals surface area contributed by atoms with Crippen LogP contribution in [0, 0.1) is 0 Å². The number of allylic oxidation sites excluding steroid dienone is 3. The summed E-state index contributed by atoms with van der Waals surface area (Å²) in [4.78, 5) is 24.5. The van der Waals surface area contributed by atoms with Crippen molar-refractivity contribution in [1.82, 2.24) is 5.32 Å². The number of amides is 1. The quantitative estimate of drug-likeness (QED) is 0.0321. The van der Waals surface area contributed by atoms with E-state index in [1.165, 1.54) is 231 Å². The van der Waals surface area contributed by atoms with Crippen molar-refractivity contribution in [3.05, 3.63) is 24.3 Å². The highest BCUT2D eigenvalue weighted by Crippen LogP contribution is 2.17. The zero-order valence-electron chi connectivity index (χ0n) is 43.7. The van der Waals surface area contributed by atoms with E-state index in [1.807, 2.05) is 6.08 Å². The van der Waals surface area contributed by atoms with E-state index in [9.17, 15) is 19.8 Å². The second-order valence-electron chi connectivity index (χ2n) is 20.0. The van der Waals surface area contributed by atoms with Gasteiger partial charge in [0.2, 0.25) is 5.91 Å². The van der Waals surface area contributed by atoms with Gasteiger partial charge >= 0.3 is 5.97 Å². The van der Waals surface area contributed by atoms with E-state index in [0.717, 1.165) is 57.8 Å². The van der Waals surface area contributed by atoms with E-state index in [4.69, 9.17) is 4.74 Å². The van der Waals surface area contributed by atoms with Crippen molar-refractivity contribution in [3.8, 4) is 0 Å². The first kappa shape index (κ1) is 63.3. The number of ether oxygens (including phenoxy) is 1. The fraction of sp³-hybridized carbons (Fsp3) is 0.898. The van der Waals surface area contributed by atoms with Gasteiger partial charge in [-0.1, -0.05) is 269 Å². The number of aliphatic hydroxyl groups excluding tert-OH is 2. The predicted octanol–water partition coefficient (Wildman–Crippen LogP) is 17.9. The van der Waals surface area contributed by atoms with Gasteiger partial charge in [0.05, 0.1) is 25.4 Å². The van der Waals surface area contributed by atoms with Gasteiger partial charge in [0.25, 0.3) is 0 Å². The van der Waals surface area contributed by atoms with Crippen molar-refractivity contribution in [2.24, 2.45) is 0 Å². The summed E-state index contributed by atoms with van der Waals surface area (Å²) < 4.78 is 5.45. The van der Waals surface area contributed by atoms with Gasteiger partial charge in [-0.2, -0.15) is 0 Å². The number of nitrogens with one attached hydrogen (secondary N) is 1. The summed E-state index contributed by atoms with van der Waals surface area (Å²) in [5, 5.41) is 23.2. The molecule has 0 bridgehead atoms. The Morgan fingerprint density at radius 3 is 1.11 bits per heavy atom. The van der Waals surface area contributed by atoms with Crippen LogP contribution in [0.25, 0.3) is 0 Å². The van der Waals surface area contributed by atoms with Crippen LogP contribution in [0.5, 0.6) is 0 Å². The first-order chi connectivity index (χ1) is 32.0. The maximum absolute atomic E-state index is 12.5. The summed E-state index contributed by atoms with van der Waals surface area (Å²) in [6, 6.07) is -0.646. The first-order valence-electron chi connectivity index (χ1n) is 29.1. The van der Waals surface area contributed by atoms with Crippen molar-refractivity contribution in [2.75, 3.05) is 13.2 Å². The van der Waals surface area contributed by atoms with Crippen molar-refractivity contribution in [2.45, 2.75) is 328 Å². The average Bonchev–Trinajstić information content (AvgIpc) is 3.31. The molecule has 0 fully saturated rings. The minimum absolute atomic E-state index is 0.0293. The minimum atomic E-state index is -0.860. The molecule has 0 radical (unpaired) electrons. The minimum Gasteiger partial charge on any atom is -0.466 e. The summed E-state index contributed by atoms with van der Waals surface area (Å²) in [5.74, 6) is -0.118. The molecular formula is C59H113NO5. The molecule has 0 aliphatic carbocycles. The van der Waals surface area contributed by atoms with Gasteiger partial charge in [0.15, 0.2) is 0 Å². The standard InChI is InChI=1S/C59H113NO5/c1-3-5-7-9-11-13-15-17-18-19-20-21-22-23-24-25-26-27-28-30-31-35-39-43-47-51-57(62)56(55-61)60-58(63)52-48-44-40-36-33-34-38-42-46-50-54-65-59(64)53-49-45-41-37-32-29-16-14-12-10-8-6-4-2/h14,16,47,51,56-57,61-62H,3-13,15,17-46,48-50,52-55H2,1-2H3,(H,60,63)/b16-14-,51-47+. The molecule has 0 saturated carbocycles. The lowest BCUT2D eigenvalue weighted by Gasteiger charge is -2.20. The molecule has 65 heavy (non-hydrogen) atoms. The molecule has 1 amide bonds. The van der Waals surface area contributed by atoms with Gasteiger partial charge in [-0.05, 0) is 57.8 Å². The van der Waals surface area contributed by atoms with E-state index in [-0.39, 0.29) is 18.5 Å². The zero-order valence-corrected chi connectivity index (χ0v) is 43.7. The van der Waals surface area contributed by atoms with E-state index < -0.39 is 12.1 Å². The van der Waals surface area contributed by atoms with E-state index in [1.54, 1.807) is 6.08 Å². The molecule has 0 heterocycles. The highest BCUT2D eigenvalue weighted by molar-refractivity contribution is 5.76. The van der Waals surface area contributed by atoms with Crippen LogP contribution in [-0.2, 0) is 14.3 Å². The third kappa shape index (κ3) is 51.6. The first-order valence-corrected chi connectivity index (χ1v) is 29.1. The van der Waals surface area contributed by atoms with Gasteiger partial charge < -0.3 is 20.3 Å². The van der Waals surface area contributed by atoms with Crippen LogP contribution in [0.4, 0.5) is 0 Å². The van der Waals surface area contributed by atoms with Crippen molar-refractivity contribution in [1.29, 1.82) is 0 Å². The van der Waals surface area contributed by atoms with Crippen molar-refractivity contribution >= 4 is 11.9 Å². The number of carbonyl (C=O) groups is 2. The Labute approximate surface area is 405 Å². The normalized spacial score (nSPS) is 12.7. The second kappa shape index (κ2) is 54.9. The average molecular weight is 917 g/mol. The molecule has 6 heteroatoms. The molecule has 0 rings (SSSR count). The Kier molecular flexibility index (Phi) is 53.5. The second-order valence-corrected chi connectivity index (χ2v) is 20.0. The number of carbonyl (C=O) groups excluding carboxylic acids is 2. The monoisotopic (exact) mass is 916 g/mol. The van der Waals surface area contributed by atoms with Crippen molar-refractivity contribution in [3.63, 3.8) is 0 Å². The highest BCUT2D eigenvalue weighted by Gasteiger charge is 2.18. The lowest BCUT2D eigenvalue weighted by molar-refractivity contribution is -0.143. The summed E-state index contributed by atoms with van der Waals surface area (Å²) in [7, 11) is 0. The number of rotatable bonds is 54. The molecular weight excluding hydrogens is 803 g/mol. The zero-order chi connectivity index (χ0) is 47.2. The molecule has 2 atom stereocenters. The third-order valence-corrected chi connectivity index (χ3v) is 13.5. The summed E-state index contributed by atoms with van der Waals surface area (Å²) >= 11 is 0. The van der Waals surface area contributed by atoms with Gasteiger partial charge in [0.1, 0.15) is 0 Å². The van der Waals surface area contributed by atoms with E-state index in [2.05, 4.69) is 31.3 Å². The summed E-state index contributed by atoms with van der Waals surface area (Å²) in [6.45, 7) is 4.85. The lowest BCUT2D eigenvalue weighted by atomic mass is 10.0. The number of aliphatic hydroxyl groups is 2. The molecule has 0 aliphatic heterocycles. The third-order valence-electron chi connectivity index (χ3n) is 13.5. The fourth-order valence-corrected chi connectivity index (χ4v) is 8.98. The molecule has 0 aromatic carbocycles. The Hall–Kier alpha value is -1.66. The largest absolute Gasteiger partial charge is 0.466 e. The Morgan fingerprint density at radius 1 is 0.415 bits per heavy atom. The Morgan fingerprint density at radius 2 is 0.723 bits per heavy atom. The maximum Gasteiger partial charge on any atom is 0.305 e. The maximum atomic E-state index is 12.5. The number of unbranched alkanes of at least 4 members (excludes halogenated alkanes) is 41. The molecule has 6 nitrogen and oxygen atoms in total. The molecule has 0 aromatic rings. The highest BCUT2D eigenvalue weighted by atomic mass is 16.5. The van der Waals surface area contributed by atoms with Gasteiger partial charge in [-0.3, -0.25) is 9.59 Å². The lowest BCUT2D eigenvalue weighted by Crippen LogP contribution is -2.45. The summed E-state index contributed by atoms with van der Waals surface area (Å²) in [6.07, 6.45) is 66.3. The molecule has 3 N–H and O–H groups in total. The molecule has 2 unspecified atom stereocenters. The molecule has 0 aliphatic rings. The van der Waals surface area contributed by atoms with Gasteiger partial charge in [0, 0.05) is 12.8 Å². The van der Waals surface area contributed by atoms with Crippen LogP contribution in [0.15, 0.2) is 24.3 Å². The van der Waals surface area contributed by atoms with Crippen LogP contribution in [-0.4, -0.2) is 47.4 Å². The fourth-order valence-electron chi connectivity index (χ4n) is 8.98. The van der Waals surface area contributed by atoms with Crippen LogP contribution >= 0.6 is 0 Å². The SMILES string of the molecule is CCCCCC/C=C\CCCCCCCC(=O)OCCCCCCCCCCCCC(=O)NC(CO)C(O)/C=C/CCCCCCCCCCCCCCCCCCCCCCCCC. The number of hydrogen-bond donors (Lipinski definition) is 3. The molecule has 0 aromatic heterocycles. The van der Waals surface area contributed by atoms with Crippen LogP contribution in [0.3, 0.4) is 0 Å².